The summed E-state index contributed by atoms with van der Waals surface area (Å²) in [7, 11) is 0. The average Bonchev–Trinajstić information content (AvgIpc) is 2.80. The van der Waals surface area contributed by atoms with Gasteiger partial charge in [0.25, 0.3) is 0 Å². The molecular formula is C24H50N8O5. The highest BCUT2D eigenvalue weighted by Gasteiger charge is 2.13. The summed E-state index contributed by atoms with van der Waals surface area (Å²) in [6, 6.07) is -1.22. The first-order valence-corrected chi connectivity index (χ1v) is 13.3. The molecule has 0 aliphatic carbocycles. The van der Waals surface area contributed by atoms with Crippen LogP contribution in [0.15, 0.2) is 0 Å². The zero-order valence-electron chi connectivity index (χ0n) is 22.1. The van der Waals surface area contributed by atoms with E-state index in [0.717, 1.165) is 12.8 Å². The van der Waals surface area contributed by atoms with Crippen LogP contribution in [0.1, 0.15) is 77.0 Å². The van der Waals surface area contributed by atoms with Crippen LogP contribution in [-0.4, -0.2) is 79.1 Å². The van der Waals surface area contributed by atoms with E-state index in [1.54, 1.807) is 0 Å². The number of carboxylic acids is 1. The summed E-state index contributed by atoms with van der Waals surface area (Å²) in [5, 5.41) is 17.1. The van der Waals surface area contributed by atoms with Gasteiger partial charge in [-0.15, -0.1) is 0 Å². The molecule has 0 heterocycles. The van der Waals surface area contributed by atoms with E-state index < -0.39 is 12.0 Å². The third-order valence-electron chi connectivity index (χ3n) is 5.78. The second-order valence-electron chi connectivity index (χ2n) is 9.66. The summed E-state index contributed by atoms with van der Waals surface area (Å²) in [5.41, 5.74) is 29.0. The fourth-order valence-electron chi connectivity index (χ4n) is 3.72. The van der Waals surface area contributed by atoms with Crippen molar-refractivity contribution in [3.8, 4) is 0 Å². The minimum atomic E-state index is -0.935. The molecule has 0 aliphatic rings. The van der Waals surface area contributed by atoms with E-state index in [1.807, 2.05) is 0 Å². The molecule has 37 heavy (non-hydrogen) atoms. The Labute approximate surface area is 220 Å². The number of hydrogen-bond donors (Lipinski definition) is 9. The molecule has 0 fully saturated rings. The van der Waals surface area contributed by atoms with Crippen LogP contribution in [0.2, 0.25) is 0 Å². The van der Waals surface area contributed by atoms with Crippen molar-refractivity contribution in [2.24, 2.45) is 28.7 Å². The van der Waals surface area contributed by atoms with Crippen LogP contribution in [0.5, 0.6) is 0 Å². The monoisotopic (exact) mass is 530 g/mol. The Kier molecular flexibility index (Phi) is 20.4. The topological polar surface area (TPSA) is 255 Å². The third-order valence-corrected chi connectivity index (χ3v) is 5.78. The van der Waals surface area contributed by atoms with Crippen molar-refractivity contribution < 1.29 is 24.3 Å². The Balaban J connectivity index is 3.77. The van der Waals surface area contributed by atoms with Gasteiger partial charge in [-0.2, -0.15) is 0 Å². The Hall–Kier alpha value is -2.32. The summed E-state index contributed by atoms with van der Waals surface area (Å²) in [6.45, 7) is 1.92. The van der Waals surface area contributed by atoms with E-state index >= 15 is 0 Å². The maximum absolute atomic E-state index is 12.1. The van der Waals surface area contributed by atoms with Crippen molar-refractivity contribution >= 4 is 23.7 Å². The average molecular weight is 531 g/mol. The first kappa shape index (κ1) is 34.7. The maximum Gasteiger partial charge on any atom is 0.304 e. The van der Waals surface area contributed by atoms with Crippen LogP contribution < -0.4 is 44.6 Å². The molecule has 0 rings (SSSR count). The molecular weight excluding hydrogens is 480 g/mol. The highest BCUT2D eigenvalue weighted by atomic mass is 16.4. The smallest absolute Gasteiger partial charge is 0.304 e. The van der Waals surface area contributed by atoms with Crippen LogP contribution >= 0.6 is 0 Å². The molecule has 0 aliphatic heterocycles. The van der Waals surface area contributed by atoms with Gasteiger partial charge in [-0.25, -0.2) is 0 Å². The lowest BCUT2D eigenvalue weighted by molar-refractivity contribution is -0.137. The maximum atomic E-state index is 12.1. The molecule has 0 aromatic heterocycles. The molecule has 0 radical (unpaired) electrons. The zero-order valence-corrected chi connectivity index (χ0v) is 22.1. The van der Waals surface area contributed by atoms with Gasteiger partial charge in [-0.1, -0.05) is 0 Å². The van der Waals surface area contributed by atoms with E-state index in [9.17, 15) is 19.2 Å². The van der Waals surface area contributed by atoms with Gasteiger partial charge in [0.1, 0.15) is 0 Å². The first-order valence-electron chi connectivity index (χ1n) is 13.3. The second kappa shape index (κ2) is 21.7. The molecule has 13 nitrogen and oxygen atoms in total. The lowest BCUT2D eigenvalue weighted by atomic mass is 10.1. The van der Waals surface area contributed by atoms with Crippen molar-refractivity contribution in [1.29, 1.82) is 0 Å². The Morgan fingerprint density at radius 2 is 0.838 bits per heavy atom. The minimum Gasteiger partial charge on any atom is -0.481 e. The number of carbonyl (C=O) groups excluding carboxylic acids is 3. The highest BCUT2D eigenvalue weighted by Crippen LogP contribution is 2.03. The van der Waals surface area contributed by atoms with Crippen LogP contribution in [0, 0.1) is 0 Å². The van der Waals surface area contributed by atoms with Gasteiger partial charge in [0, 0.05) is 63.1 Å². The number of rotatable bonds is 23. The van der Waals surface area contributed by atoms with Gasteiger partial charge in [0.15, 0.2) is 0 Å². The van der Waals surface area contributed by atoms with Gasteiger partial charge in [0.05, 0.1) is 6.42 Å². The molecule has 0 aromatic carbocycles. The van der Waals surface area contributed by atoms with Crippen molar-refractivity contribution in [2.45, 2.75) is 101 Å². The van der Waals surface area contributed by atoms with Gasteiger partial charge in [0.2, 0.25) is 17.7 Å². The number of nitrogens with one attached hydrogen (secondary N) is 3. The normalized spacial score (nSPS) is 14.3. The molecule has 3 amide bonds. The van der Waals surface area contributed by atoms with Crippen molar-refractivity contribution in [3.63, 3.8) is 0 Å². The fraction of sp³-hybridized carbons (Fsp3) is 0.833. The van der Waals surface area contributed by atoms with Gasteiger partial charge < -0.3 is 49.7 Å². The first-order chi connectivity index (χ1) is 17.5. The van der Waals surface area contributed by atoms with Gasteiger partial charge >= 0.3 is 5.97 Å². The number of carboxylic acid groups (broad SMARTS) is 1. The van der Waals surface area contributed by atoms with E-state index in [-0.39, 0.29) is 61.5 Å². The van der Waals surface area contributed by atoms with E-state index in [1.165, 1.54) is 0 Å². The number of hydrogen-bond acceptors (Lipinski definition) is 9. The third kappa shape index (κ3) is 22.6. The molecule has 0 spiro atoms. The number of carbonyl (C=O) groups is 4. The predicted octanol–water partition coefficient (Wildman–Crippen LogP) is -1.63. The number of amides is 3. The summed E-state index contributed by atoms with van der Waals surface area (Å²) < 4.78 is 0. The Morgan fingerprint density at radius 1 is 0.541 bits per heavy atom. The molecule has 0 saturated carbocycles. The predicted molar refractivity (Wildman–Crippen MR) is 143 cm³/mol. The molecule has 0 bridgehead atoms. The lowest BCUT2D eigenvalue weighted by Crippen LogP contribution is -2.35. The summed E-state index contributed by atoms with van der Waals surface area (Å²) in [4.78, 5) is 46.4. The van der Waals surface area contributed by atoms with Gasteiger partial charge in [-0.05, 0) is 57.9 Å². The Bertz CT molecular complexity index is 667. The van der Waals surface area contributed by atoms with E-state index in [4.69, 9.17) is 33.8 Å². The number of nitrogens with two attached hydrogens (primary N) is 5. The van der Waals surface area contributed by atoms with Crippen molar-refractivity contribution in [1.82, 2.24) is 16.0 Å². The Morgan fingerprint density at radius 3 is 1.14 bits per heavy atom. The lowest BCUT2D eigenvalue weighted by Gasteiger charge is -2.14. The molecule has 13 heteroatoms. The van der Waals surface area contributed by atoms with Crippen LogP contribution in [0.4, 0.5) is 0 Å². The minimum absolute atomic E-state index is 0.0899. The summed E-state index contributed by atoms with van der Waals surface area (Å²) in [6.07, 6.45) is 5.69. The molecule has 0 saturated heterocycles. The van der Waals surface area contributed by atoms with Crippen LogP contribution in [0.25, 0.3) is 0 Å². The zero-order chi connectivity index (χ0) is 28.1. The molecule has 4 atom stereocenters. The second-order valence-corrected chi connectivity index (χ2v) is 9.66. The summed E-state index contributed by atoms with van der Waals surface area (Å²) in [5.74, 6) is -1.34. The standard InChI is InChI=1S/C24H50N8O5/c25-9-1-5-17(26)13-21(33)30-10-2-6-18(27)14-22(34)31-11-3-7-19(28)15-23(35)32-12-4-8-20(29)16-24(36)37/h17-20H,1-16,25-29H2,(H,30,33)(H,31,34)(H,32,35)(H,36,37). The van der Waals surface area contributed by atoms with Gasteiger partial charge in [-0.3, -0.25) is 19.2 Å². The summed E-state index contributed by atoms with van der Waals surface area (Å²) >= 11 is 0. The van der Waals surface area contributed by atoms with Crippen molar-refractivity contribution in [3.05, 3.63) is 0 Å². The molecule has 216 valence electrons. The van der Waals surface area contributed by atoms with Crippen LogP contribution in [-0.2, 0) is 19.2 Å². The van der Waals surface area contributed by atoms with Crippen LogP contribution in [0.3, 0.4) is 0 Å². The quantitative estimate of drug-likeness (QED) is 0.0681. The molecule has 14 N–H and O–H groups in total. The highest BCUT2D eigenvalue weighted by molar-refractivity contribution is 5.77. The fourth-order valence-corrected chi connectivity index (χ4v) is 3.72. The number of aliphatic carboxylic acids is 1. The van der Waals surface area contributed by atoms with E-state index in [2.05, 4.69) is 16.0 Å². The van der Waals surface area contributed by atoms with Crippen molar-refractivity contribution in [2.75, 3.05) is 26.2 Å². The molecule has 4 unspecified atom stereocenters. The van der Waals surface area contributed by atoms with E-state index in [0.29, 0.717) is 64.7 Å². The largest absolute Gasteiger partial charge is 0.481 e. The SMILES string of the molecule is NCCCC(N)CC(=O)NCCCC(N)CC(=O)NCCCC(N)CC(=O)NCCCC(N)CC(=O)O. The molecule has 0 aromatic rings.